The molecule has 0 saturated heterocycles. The van der Waals surface area contributed by atoms with Gasteiger partial charge in [-0.05, 0) is 36.6 Å². The molecule has 0 bridgehead atoms. The highest BCUT2D eigenvalue weighted by molar-refractivity contribution is 9.09. The lowest BCUT2D eigenvalue weighted by Gasteiger charge is -2.04. The Bertz CT molecular complexity index is 1090. The number of aromatic nitrogens is 2. The lowest BCUT2D eigenvalue weighted by Crippen LogP contribution is -2.23. The van der Waals surface area contributed by atoms with Crippen LogP contribution in [-0.4, -0.2) is 32.8 Å². The van der Waals surface area contributed by atoms with Crippen molar-refractivity contribution in [3.63, 3.8) is 0 Å². The highest BCUT2D eigenvalue weighted by Gasteiger charge is 2.12. The van der Waals surface area contributed by atoms with Gasteiger partial charge in [0.15, 0.2) is 0 Å². The van der Waals surface area contributed by atoms with Gasteiger partial charge >= 0.3 is 5.69 Å². The minimum atomic E-state index is -0.291. The van der Waals surface area contributed by atoms with Crippen LogP contribution in [-0.2, 0) is 11.3 Å². The molecule has 32 heavy (non-hydrogen) atoms. The van der Waals surface area contributed by atoms with E-state index in [1.54, 1.807) is 0 Å². The van der Waals surface area contributed by atoms with Crippen molar-refractivity contribution in [2.75, 3.05) is 18.5 Å². The lowest BCUT2D eigenvalue weighted by atomic mass is 10.2. The van der Waals surface area contributed by atoms with Gasteiger partial charge in [-0.3, -0.25) is 9.13 Å². The van der Waals surface area contributed by atoms with Crippen LogP contribution < -0.4 is 5.69 Å². The number of unbranched alkanes of at least 4 members (excludes halogenated alkanes) is 3. The number of rotatable bonds is 11. The maximum Gasteiger partial charge on any atom is 0.335 e. The largest absolute Gasteiger partial charge is 0.493 e. The van der Waals surface area contributed by atoms with Crippen LogP contribution in [0.5, 0.6) is 5.88 Å². The third kappa shape index (κ3) is 7.15. The van der Waals surface area contributed by atoms with Crippen molar-refractivity contribution in [3.8, 4) is 23.4 Å². The first-order chi connectivity index (χ1) is 15.7. The Morgan fingerprint density at radius 1 is 0.969 bits per heavy atom. The molecule has 1 N–H and O–H groups in total. The first kappa shape index (κ1) is 23.9. The van der Waals surface area contributed by atoms with Crippen LogP contribution in [0.4, 0.5) is 0 Å². The number of aromatic hydroxyl groups is 1. The van der Waals surface area contributed by atoms with Gasteiger partial charge in [-0.1, -0.05) is 77.0 Å². The Morgan fingerprint density at radius 2 is 1.78 bits per heavy atom. The van der Waals surface area contributed by atoms with Gasteiger partial charge in [0, 0.05) is 23.9 Å². The zero-order valence-electron chi connectivity index (χ0n) is 18.2. The predicted octanol–water partition coefficient (Wildman–Crippen LogP) is 5.11. The molecule has 1 aromatic heterocycles. The highest BCUT2D eigenvalue weighted by atomic mass is 79.9. The number of alkyl halides is 1. The lowest BCUT2D eigenvalue weighted by molar-refractivity contribution is 0.135. The van der Waals surface area contributed by atoms with E-state index in [0.29, 0.717) is 25.3 Å². The van der Waals surface area contributed by atoms with Gasteiger partial charge < -0.3 is 9.84 Å². The molecule has 0 saturated carbocycles. The van der Waals surface area contributed by atoms with Crippen molar-refractivity contribution in [2.45, 2.75) is 38.6 Å². The van der Waals surface area contributed by atoms with Gasteiger partial charge in [-0.2, -0.15) is 0 Å². The molecule has 6 heteroatoms. The van der Waals surface area contributed by atoms with E-state index in [4.69, 9.17) is 4.74 Å². The molecular formula is C26H29BrN2O3. The minimum absolute atomic E-state index is 0.0697. The molecule has 168 valence electrons. The Morgan fingerprint density at radius 3 is 2.59 bits per heavy atom. The van der Waals surface area contributed by atoms with Gasteiger partial charge in [-0.25, -0.2) is 4.79 Å². The summed E-state index contributed by atoms with van der Waals surface area (Å²) in [4.78, 5) is 12.9. The number of benzene rings is 2. The van der Waals surface area contributed by atoms with Crippen molar-refractivity contribution in [2.24, 2.45) is 0 Å². The van der Waals surface area contributed by atoms with E-state index in [2.05, 4.69) is 27.8 Å². The van der Waals surface area contributed by atoms with E-state index >= 15 is 0 Å². The number of halogens is 1. The molecule has 0 atom stereocenters. The van der Waals surface area contributed by atoms with Crippen LogP contribution in [0.2, 0.25) is 0 Å². The summed E-state index contributed by atoms with van der Waals surface area (Å²) in [7, 11) is 0. The molecule has 1 heterocycles. The smallest absolute Gasteiger partial charge is 0.335 e. The second-order valence-electron chi connectivity index (χ2n) is 7.53. The van der Waals surface area contributed by atoms with Gasteiger partial charge in [0.2, 0.25) is 5.88 Å². The molecule has 3 rings (SSSR count). The summed E-state index contributed by atoms with van der Waals surface area (Å²) in [5.74, 6) is 6.20. The van der Waals surface area contributed by atoms with Crippen LogP contribution in [0.1, 0.15) is 43.2 Å². The maximum absolute atomic E-state index is 12.9. The Labute approximate surface area is 197 Å². The number of hydrogen-bond acceptors (Lipinski definition) is 3. The molecule has 0 fully saturated rings. The Hall–Kier alpha value is -2.75. The Balaban J connectivity index is 1.57. The average Bonchev–Trinajstić information content (AvgIpc) is 3.09. The number of ether oxygens (including phenoxy) is 1. The molecule has 0 spiro atoms. The molecule has 0 radical (unpaired) electrons. The highest BCUT2D eigenvalue weighted by Crippen LogP contribution is 2.15. The summed E-state index contributed by atoms with van der Waals surface area (Å²) >= 11 is 3.44. The summed E-state index contributed by atoms with van der Waals surface area (Å²) in [5.41, 5.74) is 2.15. The third-order valence-electron chi connectivity index (χ3n) is 5.04. The summed E-state index contributed by atoms with van der Waals surface area (Å²) in [5, 5.41) is 11.4. The van der Waals surface area contributed by atoms with Crippen LogP contribution in [0.3, 0.4) is 0 Å². The summed E-state index contributed by atoms with van der Waals surface area (Å²) in [6.07, 6.45) is 6.86. The topological polar surface area (TPSA) is 56.4 Å². The van der Waals surface area contributed by atoms with Crippen LogP contribution in [0.25, 0.3) is 5.69 Å². The van der Waals surface area contributed by atoms with E-state index in [0.717, 1.165) is 29.5 Å². The van der Waals surface area contributed by atoms with E-state index < -0.39 is 0 Å². The maximum atomic E-state index is 12.9. The molecule has 0 aliphatic carbocycles. The zero-order chi connectivity index (χ0) is 22.6. The fourth-order valence-corrected chi connectivity index (χ4v) is 3.74. The summed E-state index contributed by atoms with van der Waals surface area (Å²) in [6.45, 7) is 1.72. The molecule has 2 aromatic carbocycles. The van der Waals surface area contributed by atoms with E-state index in [1.807, 2.05) is 54.6 Å². The SMILES string of the molecule is O=c1n(-c2cccc(C#CCCOCCCCCCBr)c2)cc(O)n1Cc1ccccc1. The van der Waals surface area contributed by atoms with E-state index in [1.165, 1.54) is 34.6 Å². The molecule has 3 aromatic rings. The van der Waals surface area contributed by atoms with Gasteiger partial charge in [0.05, 0.1) is 25.0 Å². The second-order valence-corrected chi connectivity index (χ2v) is 8.32. The number of hydrogen-bond donors (Lipinski definition) is 1. The van der Waals surface area contributed by atoms with E-state index in [-0.39, 0.29) is 11.6 Å². The molecule has 0 aliphatic heterocycles. The first-order valence-electron chi connectivity index (χ1n) is 11.0. The van der Waals surface area contributed by atoms with Gasteiger partial charge in [0.1, 0.15) is 0 Å². The van der Waals surface area contributed by atoms with Crippen molar-refractivity contribution in [3.05, 3.63) is 82.4 Å². The van der Waals surface area contributed by atoms with Crippen molar-refractivity contribution < 1.29 is 9.84 Å². The first-order valence-corrected chi connectivity index (χ1v) is 12.1. The fourth-order valence-electron chi connectivity index (χ4n) is 3.34. The Kier molecular flexibility index (Phi) is 9.67. The number of nitrogens with zero attached hydrogens (tertiary/aromatic N) is 2. The summed E-state index contributed by atoms with van der Waals surface area (Å²) < 4.78 is 8.43. The molecule has 0 unspecified atom stereocenters. The molecule has 0 aliphatic rings. The molecule has 5 nitrogen and oxygen atoms in total. The van der Waals surface area contributed by atoms with Crippen molar-refractivity contribution >= 4 is 15.9 Å². The molecular weight excluding hydrogens is 468 g/mol. The minimum Gasteiger partial charge on any atom is -0.493 e. The van der Waals surface area contributed by atoms with E-state index in [9.17, 15) is 9.90 Å². The third-order valence-corrected chi connectivity index (χ3v) is 5.60. The number of imidazole rings is 1. The van der Waals surface area contributed by atoms with Crippen molar-refractivity contribution in [1.82, 2.24) is 9.13 Å². The standard InChI is InChI=1S/C26H29BrN2O3/c27-16-7-1-2-8-17-32-18-9-6-11-22-14-10-15-24(19-22)28-21-25(30)29(26(28)31)20-23-12-4-3-5-13-23/h3-5,10,12-15,19,21,30H,1-2,7-9,16-18,20H2. The van der Waals surface area contributed by atoms with Crippen LogP contribution >= 0.6 is 15.9 Å². The van der Waals surface area contributed by atoms with Gasteiger partial charge in [0.25, 0.3) is 0 Å². The second kappa shape index (κ2) is 12.9. The average molecular weight is 497 g/mol. The quantitative estimate of drug-likeness (QED) is 0.228. The van der Waals surface area contributed by atoms with Crippen LogP contribution in [0.15, 0.2) is 65.6 Å². The van der Waals surface area contributed by atoms with Crippen molar-refractivity contribution in [1.29, 1.82) is 0 Å². The van der Waals surface area contributed by atoms with Crippen LogP contribution in [0, 0.1) is 11.8 Å². The monoisotopic (exact) mass is 496 g/mol. The fraction of sp³-hybridized carbons (Fsp3) is 0.346. The molecule has 0 amide bonds. The summed E-state index contributed by atoms with van der Waals surface area (Å²) in [6, 6.07) is 17.0. The zero-order valence-corrected chi connectivity index (χ0v) is 19.8. The predicted molar refractivity (Wildman–Crippen MR) is 132 cm³/mol. The normalized spacial score (nSPS) is 10.7. The van der Waals surface area contributed by atoms with Gasteiger partial charge in [-0.15, -0.1) is 0 Å².